The molecule has 0 fully saturated rings. The minimum absolute atomic E-state index is 0.223. The van der Waals surface area contributed by atoms with Crippen molar-refractivity contribution in [2.75, 3.05) is 5.32 Å². The summed E-state index contributed by atoms with van der Waals surface area (Å²) in [6, 6.07) is 13.7. The minimum atomic E-state index is -1.76. The van der Waals surface area contributed by atoms with Crippen LogP contribution in [0.5, 0.6) is 0 Å². The SMILES string of the molecule is CCCC(=O)N[C@H](NC(=S)Nc1cccc2ccccc12)C(Cl)(Cl)Cl. The van der Waals surface area contributed by atoms with Crippen LogP contribution in [0.4, 0.5) is 5.69 Å². The van der Waals surface area contributed by atoms with Gasteiger partial charge in [0.15, 0.2) is 5.11 Å². The van der Waals surface area contributed by atoms with Crippen molar-refractivity contribution in [3.05, 3.63) is 42.5 Å². The molecule has 0 aromatic heterocycles. The lowest BCUT2D eigenvalue weighted by Gasteiger charge is -2.28. The predicted octanol–water partition coefficient (Wildman–Crippen LogP) is 4.74. The van der Waals surface area contributed by atoms with E-state index in [1.165, 1.54) is 0 Å². The van der Waals surface area contributed by atoms with Gasteiger partial charge in [0.05, 0.1) is 0 Å². The van der Waals surface area contributed by atoms with Gasteiger partial charge >= 0.3 is 0 Å². The van der Waals surface area contributed by atoms with Gasteiger partial charge in [-0.1, -0.05) is 78.1 Å². The van der Waals surface area contributed by atoms with Gasteiger partial charge in [-0.15, -0.1) is 0 Å². The first-order valence-electron chi connectivity index (χ1n) is 7.72. The first-order valence-corrected chi connectivity index (χ1v) is 9.27. The number of fused-ring (bicyclic) bond motifs is 1. The Labute approximate surface area is 167 Å². The monoisotopic (exact) mass is 417 g/mol. The summed E-state index contributed by atoms with van der Waals surface area (Å²) in [6.45, 7) is 1.89. The Balaban J connectivity index is 2.11. The molecule has 0 aliphatic heterocycles. The summed E-state index contributed by atoms with van der Waals surface area (Å²) in [5, 5.41) is 10.9. The molecule has 134 valence electrons. The number of carbonyl (C=O) groups is 1. The molecule has 0 radical (unpaired) electrons. The highest BCUT2D eigenvalue weighted by Crippen LogP contribution is 2.29. The van der Waals surface area contributed by atoms with Crippen molar-refractivity contribution in [2.24, 2.45) is 0 Å². The smallest absolute Gasteiger partial charge is 0.228 e. The number of alkyl halides is 3. The molecule has 2 rings (SSSR count). The highest BCUT2D eigenvalue weighted by Gasteiger charge is 2.34. The Bertz CT molecular complexity index is 759. The molecule has 0 saturated heterocycles. The van der Waals surface area contributed by atoms with E-state index in [-0.39, 0.29) is 11.0 Å². The van der Waals surface area contributed by atoms with Gasteiger partial charge in [-0.3, -0.25) is 4.79 Å². The summed E-state index contributed by atoms with van der Waals surface area (Å²) in [4.78, 5) is 11.8. The van der Waals surface area contributed by atoms with Gasteiger partial charge in [0.2, 0.25) is 9.70 Å². The Morgan fingerprint density at radius 3 is 2.48 bits per heavy atom. The maximum absolute atomic E-state index is 11.8. The van der Waals surface area contributed by atoms with Gasteiger partial charge in [-0.2, -0.15) is 0 Å². The summed E-state index contributed by atoms with van der Waals surface area (Å²) in [6.07, 6.45) is 0.0750. The molecule has 4 nitrogen and oxygen atoms in total. The highest BCUT2D eigenvalue weighted by atomic mass is 35.6. The van der Waals surface area contributed by atoms with E-state index in [2.05, 4.69) is 16.0 Å². The van der Waals surface area contributed by atoms with E-state index in [0.29, 0.717) is 12.8 Å². The molecule has 0 aliphatic rings. The zero-order valence-electron chi connectivity index (χ0n) is 13.5. The molecule has 0 heterocycles. The Morgan fingerprint density at radius 1 is 1.12 bits per heavy atom. The number of hydrogen-bond acceptors (Lipinski definition) is 2. The maximum atomic E-state index is 11.8. The second kappa shape index (κ2) is 8.90. The first kappa shape index (κ1) is 20.0. The molecule has 1 atom stereocenters. The fourth-order valence-corrected chi connectivity index (χ4v) is 2.84. The number of amides is 1. The van der Waals surface area contributed by atoms with Gasteiger partial charge in [-0.05, 0) is 30.1 Å². The van der Waals surface area contributed by atoms with Crippen molar-refractivity contribution in [3.63, 3.8) is 0 Å². The molecule has 2 aromatic rings. The lowest BCUT2D eigenvalue weighted by molar-refractivity contribution is -0.121. The van der Waals surface area contributed by atoms with E-state index in [1.807, 2.05) is 49.4 Å². The average molecular weight is 419 g/mol. The standard InChI is InChI=1S/C17H18Cl3N3OS/c1-2-6-14(24)22-15(17(18,19)20)23-16(25)21-13-10-5-8-11-7-3-4-9-12(11)13/h3-5,7-10,15H,2,6H2,1H3,(H,22,24)(H2,21,23,25)/t15-/m1/s1. The summed E-state index contributed by atoms with van der Waals surface area (Å²) < 4.78 is -1.76. The summed E-state index contributed by atoms with van der Waals surface area (Å²) in [7, 11) is 0. The number of rotatable bonds is 5. The molecule has 0 spiro atoms. The minimum Gasteiger partial charge on any atom is -0.339 e. The van der Waals surface area contributed by atoms with Crippen molar-refractivity contribution in [1.29, 1.82) is 0 Å². The Morgan fingerprint density at radius 2 is 1.80 bits per heavy atom. The topological polar surface area (TPSA) is 53.2 Å². The second-order valence-corrected chi connectivity index (χ2v) is 8.19. The third-order valence-corrected chi connectivity index (χ3v) is 4.30. The fraction of sp³-hybridized carbons (Fsp3) is 0.294. The van der Waals surface area contributed by atoms with Gasteiger partial charge in [0.1, 0.15) is 6.17 Å². The summed E-state index contributed by atoms with van der Waals surface area (Å²) in [5.41, 5.74) is 0.818. The zero-order chi connectivity index (χ0) is 18.4. The van der Waals surface area contributed by atoms with Crippen LogP contribution in [-0.2, 0) is 4.79 Å². The molecule has 3 N–H and O–H groups in total. The number of thiocarbonyl (C=S) groups is 1. The fourth-order valence-electron chi connectivity index (χ4n) is 2.28. The molecule has 0 unspecified atom stereocenters. The van der Waals surface area contributed by atoms with Crippen LogP contribution in [0.2, 0.25) is 0 Å². The molecule has 0 bridgehead atoms. The highest BCUT2D eigenvalue weighted by molar-refractivity contribution is 7.80. The number of hydrogen-bond donors (Lipinski definition) is 3. The zero-order valence-corrected chi connectivity index (χ0v) is 16.6. The molecule has 2 aromatic carbocycles. The predicted molar refractivity (Wildman–Crippen MR) is 110 cm³/mol. The van der Waals surface area contributed by atoms with Crippen molar-refractivity contribution < 1.29 is 4.79 Å². The van der Waals surface area contributed by atoms with Crippen LogP contribution in [0.3, 0.4) is 0 Å². The molecular weight excluding hydrogens is 401 g/mol. The van der Waals surface area contributed by atoms with Gasteiger partial charge in [0.25, 0.3) is 0 Å². The van der Waals surface area contributed by atoms with E-state index in [0.717, 1.165) is 16.5 Å². The quantitative estimate of drug-likeness (QED) is 0.373. The van der Waals surface area contributed by atoms with E-state index < -0.39 is 9.96 Å². The van der Waals surface area contributed by atoms with Crippen LogP contribution in [0.1, 0.15) is 19.8 Å². The maximum Gasteiger partial charge on any atom is 0.228 e. The molecule has 25 heavy (non-hydrogen) atoms. The molecule has 0 saturated carbocycles. The average Bonchev–Trinajstić information content (AvgIpc) is 2.54. The summed E-state index contributed by atoms with van der Waals surface area (Å²) in [5.74, 6) is -0.223. The molecule has 8 heteroatoms. The van der Waals surface area contributed by atoms with Crippen molar-refractivity contribution >= 4 is 74.5 Å². The van der Waals surface area contributed by atoms with E-state index in [4.69, 9.17) is 47.0 Å². The third kappa shape index (κ3) is 5.89. The van der Waals surface area contributed by atoms with Crippen LogP contribution in [0.25, 0.3) is 10.8 Å². The first-order chi connectivity index (χ1) is 11.8. The molecule has 1 amide bonds. The van der Waals surface area contributed by atoms with Crippen molar-refractivity contribution in [1.82, 2.24) is 10.6 Å². The summed E-state index contributed by atoms with van der Waals surface area (Å²) >= 11 is 23.2. The van der Waals surface area contributed by atoms with Crippen LogP contribution in [0.15, 0.2) is 42.5 Å². The third-order valence-electron chi connectivity index (χ3n) is 3.42. The number of carbonyl (C=O) groups excluding carboxylic acids is 1. The van der Waals surface area contributed by atoms with E-state index in [9.17, 15) is 4.79 Å². The van der Waals surface area contributed by atoms with E-state index >= 15 is 0 Å². The van der Waals surface area contributed by atoms with Crippen LogP contribution >= 0.6 is 47.0 Å². The number of anilines is 1. The lowest BCUT2D eigenvalue weighted by atomic mass is 10.1. The Kier molecular flexibility index (Phi) is 7.14. The lowest BCUT2D eigenvalue weighted by Crippen LogP contribution is -2.56. The molecule has 0 aliphatic carbocycles. The number of halogens is 3. The Hall–Kier alpha value is -1.27. The van der Waals surface area contributed by atoms with Crippen LogP contribution < -0.4 is 16.0 Å². The van der Waals surface area contributed by atoms with Crippen LogP contribution in [0, 0.1) is 0 Å². The van der Waals surface area contributed by atoms with Crippen molar-refractivity contribution in [2.45, 2.75) is 29.7 Å². The van der Waals surface area contributed by atoms with Gasteiger partial charge in [0, 0.05) is 17.5 Å². The van der Waals surface area contributed by atoms with E-state index in [1.54, 1.807) is 0 Å². The van der Waals surface area contributed by atoms with Gasteiger partial charge in [-0.25, -0.2) is 0 Å². The number of benzene rings is 2. The largest absolute Gasteiger partial charge is 0.339 e. The molecular formula is C17H18Cl3N3OS. The van der Waals surface area contributed by atoms with Gasteiger partial charge < -0.3 is 16.0 Å². The second-order valence-electron chi connectivity index (χ2n) is 5.42. The normalized spacial score (nSPS) is 12.5. The number of nitrogens with one attached hydrogen (secondary N) is 3. The van der Waals surface area contributed by atoms with Crippen LogP contribution in [-0.4, -0.2) is 21.0 Å². The van der Waals surface area contributed by atoms with Crippen molar-refractivity contribution in [3.8, 4) is 0 Å².